The Morgan fingerprint density at radius 3 is 2.45 bits per heavy atom. The van der Waals surface area contributed by atoms with Crippen molar-refractivity contribution in [2.75, 3.05) is 6.61 Å². The summed E-state index contributed by atoms with van der Waals surface area (Å²) in [5.41, 5.74) is 1.20. The lowest BCUT2D eigenvalue weighted by atomic mass is 10.0. The first-order chi connectivity index (χ1) is 5.24. The lowest BCUT2D eigenvalue weighted by molar-refractivity contribution is 0.324. The zero-order chi connectivity index (χ0) is 8.69. The molecule has 0 bridgehead atoms. The fourth-order valence-electron chi connectivity index (χ4n) is 1.06. The molecule has 1 N–H and O–H groups in total. The molecule has 1 nitrogen and oxygen atoms in total. The highest BCUT2D eigenvalue weighted by molar-refractivity contribution is 5.03. The Labute approximate surface area is 70.1 Å². The molecule has 0 spiro atoms. The van der Waals surface area contributed by atoms with Gasteiger partial charge in [0.2, 0.25) is 0 Å². The first kappa shape index (κ1) is 10.7. The molecule has 0 heterocycles. The van der Waals surface area contributed by atoms with E-state index >= 15 is 0 Å². The first-order valence-electron chi connectivity index (χ1n) is 4.55. The Kier molecular flexibility index (Phi) is 6.24. The fraction of sp³-hybridized carbons (Fsp3) is 0.800. The van der Waals surface area contributed by atoms with Crippen molar-refractivity contribution in [2.24, 2.45) is 5.92 Å². The summed E-state index contributed by atoms with van der Waals surface area (Å²) < 4.78 is 0. The largest absolute Gasteiger partial charge is 0.392 e. The van der Waals surface area contributed by atoms with Crippen LogP contribution >= 0.6 is 0 Å². The minimum absolute atomic E-state index is 0.234. The van der Waals surface area contributed by atoms with E-state index in [1.807, 2.05) is 0 Å². The number of allylic oxidation sites excluding steroid dienone is 1. The molecule has 0 aliphatic carbocycles. The molecule has 1 atom stereocenters. The number of hydrogen-bond donors (Lipinski definition) is 1. The van der Waals surface area contributed by atoms with E-state index in [-0.39, 0.29) is 6.61 Å². The summed E-state index contributed by atoms with van der Waals surface area (Å²) in [6.45, 7) is 6.73. The van der Waals surface area contributed by atoms with Gasteiger partial charge in [-0.3, -0.25) is 0 Å². The van der Waals surface area contributed by atoms with E-state index in [1.54, 1.807) is 0 Å². The smallest absolute Gasteiger partial charge is 0.0641 e. The van der Waals surface area contributed by atoms with Crippen LogP contribution in [-0.4, -0.2) is 11.7 Å². The average Bonchev–Trinajstić information content (AvgIpc) is 2.03. The first-order valence-corrected chi connectivity index (χ1v) is 4.55. The Balaban J connectivity index is 3.88. The number of rotatable bonds is 5. The second-order valence-corrected chi connectivity index (χ2v) is 3.12. The van der Waals surface area contributed by atoms with Gasteiger partial charge in [0.15, 0.2) is 0 Å². The molecule has 0 amide bonds. The van der Waals surface area contributed by atoms with Crippen LogP contribution in [0.4, 0.5) is 0 Å². The maximum Gasteiger partial charge on any atom is 0.0641 e. The molecular weight excluding hydrogens is 136 g/mol. The van der Waals surface area contributed by atoms with Crippen LogP contribution in [0, 0.1) is 5.92 Å². The van der Waals surface area contributed by atoms with Gasteiger partial charge in [0.1, 0.15) is 0 Å². The van der Waals surface area contributed by atoms with Crippen LogP contribution in [0.2, 0.25) is 0 Å². The van der Waals surface area contributed by atoms with E-state index in [0.29, 0.717) is 5.92 Å². The number of aliphatic hydroxyl groups is 1. The van der Waals surface area contributed by atoms with Gasteiger partial charge >= 0.3 is 0 Å². The predicted molar refractivity (Wildman–Crippen MR) is 49.5 cm³/mol. The summed E-state index contributed by atoms with van der Waals surface area (Å²) in [5.74, 6) is 0.615. The molecule has 66 valence electrons. The third kappa shape index (κ3) is 5.02. The van der Waals surface area contributed by atoms with Gasteiger partial charge in [-0.25, -0.2) is 0 Å². The minimum atomic E-state index is 0.234. The van der Waals surface area contributed by atoms with Crippen LogP contribution in [0.1, 0.15) is 40.0 Å². The van der Waals surface area contributed by atoms with Crippen molar-refractivity contribution in [3.8, 4) is 0 Å². The summed E-state index contributed by atoms with van der Waals surface area (Å²) in [5, 5.41) is 8.93. The van der Waals surface area contributed by atoms with E-state index in [0.717, 1.165) is 19.3 Å². The molecule has 0 saturated heterocycles. The summed E-state index contributed by atoms with van der Waals surface area (Å²) in [6, 6.07) is 0. The lowest BCUT2D eigenvalue weighted by Crippen LogP contribution is -1.94. The van der Waals surface area contributed by atoms with Crippen LogP contribution in [0.15, 0.2) is 11.6 Å². The Morgan fingerprint density at radius 2 is 2.09 bits per heavy atom. The van der Waals surface area contributed by atoms with Gasteiger partial charge in [-0.15, -0.1) is 0 Å². The SMILES string of the molecule is CCCC(=CC(C)CC)CO. The maximum atomic E-state index is 8.93. The second kappa shape index (κ2) is 6.41. The normalized spacial score (nSPS) is 15.1. The molecule has 0 aromatic carbocycles. The molecule has 0 fully saturated rings. The molecular formula is C10H20O. The molecule has 0 aliphatic rings. The Hall–Kier alpha value is -0.300. The van der Waals surface area contributed by atoms with Crippen LogP contribution in [0.5, 0.6) is 0 Å². The fourth-order valence-corrected chi connectivity index (χ4v) is 1.06. The zero-order valence-corrected chi connectivity index (χ0v) is 7.93. The van der Waals surface area contributed by atoms with Crippen molar-refractivity contribution >= 4 is 0 Å². The monoisotopic (exact) mass is 156 g/mol. The van der Waals surface area contributed by atoms with Crippen molar-refractivity contribution in [2.45, 2.75) is 40.0 Å². The van der Waals surface area contributed by atoms with E-state index in [2.05, 4.69) is 26.8 Å². The molecule has 0 aliphatic heterocycles. The van der Waals surface area contributed by atoms with E-state index < -0.39 is 0 Å². The predicted octanol–water partition coefficient (Wildman–Crippen LogP) is 2.75. The number of hydrogen-bond acceptors (Lipinski definition) is 1. The van der Waals surface area contributed by atoms with Gasteiger partial charge in [-0.1, -0.05) is 39.7 Å². The van der Waals surface area contributed by atoms with Gasteiger partial charge in [-0.05, 0) is 17.9 Å². The standard InChI is InChI=1S/C10H20O/c1-4-6-10(8-11)7-9(3)5-2/h7,9,11H,4-6,8H2,1-3H3. The molecule has 0 saturated carbocycles. The van der Waals surface area contributed by atoms with Crippen molar-refractivity contribution in [3.05, 3.63) is 11.6 Å². The highest BCUT2D eigenvalue weighted by Gasteiger charge is 1.97. The van der Waals surface area contributed by atoms with Crippen LogP contribution < -0.4 is 0 Å². The highest BCUT2D eigenvalue weighted by atomic mass is 16.3. The lowest BCUT2D eigenvalue weighted by Gasteiger charge is -2.05. The molecule has 11 heavy (non-hydrogen) atoms. The average molecular weight is 156 g/mol. The van der Waals surface area contributed by atoms with Crippen LogP contribution in [0.3, 0.4) is 0 Å². The summed E-state index contributed by atoms with van der Waals surface area (Å²) in [6.07, 6.45) is 5.53. The van der Waals surface area contributed by atoms with E-state index in [4.69, 9.17) is 5.11 Å². The van der Waals surface area contributed by atoms with Crippen molar-refractivity contribution in [1.29, 1.82) is 0 Å². The van der Waals surface area contributed by atoms with Gasteiger partial charge in [-0.2, -0.15) is 0 Å². The Bertz CT molecular complexity index is 116. The molecule has 0 rings (SSSR count). The summed E-state index contributed by atoms with van der Waals surface area (Å²) in [4.78, 5) is 0. The zero-order valence-electron chi connectivity index (χ0n) is 7.93. The summed E-state index contributed by atoms with van der Waals surface area (Å²) in [7, 11) is 0. The highest BCUT2D eigenvalue weighted by Crippen LogP contribution is 2.10. The van der Waals surface area contributed by atoms with Gasteiger partial charge < -0.3 is 5.11 Å². The van der Waals surface area contributed by atoms with Gasteiger partial charge in [0.05, 0.1) is 6.61 Å². The van der Waals surface area contributed by atoms with Crippen molar-refractivity contribution < 1.29 is 5.11 Å². The molecule has 0 aromatic rings. The topological polar surface area (TPSA) is 20.2 Å². The third-order valence-corrected chi connectivity index (χ3v) is 1.94. The molecule has 1 unspecified atom stereocenters. The third-order valence-electron chi connectivity index (χ3n) is 1.94. The molecule has 0 radical (unpaired) electrons. The van der Waals surface area contributed by atoms with Gasteiger partial charge in [0, 0.05) is 0 Å². The van der Waals surface area contributed by atoms with E-state index in [9.17, 15) is 0 Å². The molecule has 0 aromatic heterocycles. The molecule has 1 heteroatoms. The van der Waals surface area contributed by atoms with Crippen LogP contribution in [0.25, 0.3) is 0 Å². The quantitative estimate of drug-likeness (QED) is 0.607. The van der Waals surface area contributed by atoms with Gasteiger partial charge in [0.25, 0.3) is 0 Å². The van der Waals surface area contributed by atoms with E-state index in [1.165, 1.54) is 5.57 Å². The maximum absolute atomic E-state index is 8.93. The van der Waals surface area contributed by atoms with Crippen molar-refractivity contribution in [3.63, 3.8) is 0 Å². The minimum Gasteiger partial charge on any atom is -0.392 e. The van der Waals surface area contributed by atoms with Crippen LogP contribution in [-0.2, 0) is 0 Å². The summed E-state index contributed by atoms with van der Waals surface area (Å²) >= 11 is 0. The number of aliphatic hydroxyl groups excluding tert-OH is 1. The van der Waals surface area contributed by atoms with Crippen molar-refractivity contribution in [1.82, 2.24) is 0 Å². The Morgan fingerprint density at radius 1 is 1.45 bits per heavy atom. The second-order valence-electron chi connectivity index (χ2n) is 3.12.